The Hall–Kier alpha value is -1.47. The minimum absolute atomic E-state index is 0.132. The lowest BCUT2D eigenvalue weighted by atomic mass is 10.3. The van der Waals surface area contributed by atoms with Gasteiger partial charge in [-0.15, -0.1) is 0 Å². The average Bonchev–Trinajstić information content (AvgIpc) is 2.76. The molecule has 7 heteroatoms. The average molecular weight is 270 g/mol. The Balaban J connectivity index is 2.45. The van der Waals surface area contributed by atoms with Crippen molar-refractivity contribution in [2.45, 2.75) is 35.4 Å². The van der Waals surface area contributed by atoms with E-state index >= 15 is 0 Å². The summed E-state index contributed by atoms with van der Waals surface area (Å²) < 4.78 is 24.7. The summed E-state index contributed by atoms with van der Waals surface area (Å²) in [4.78, 5) is 10.00. The summed E-state index contributed by atoms with van der Waals surface area (Å²) in [6, 6.07) is 5.32. The molecule has 1 aliphatic rings. The predicted octanol–water partition coefficient (Wildman–Crippen LogP) is 1.25. The fourth-order valence-corrected chi connectivity index (χ4v) is 4.29. The van der Waals surface area contributed by atoms with Crippen molar-refractivity contribution < 1.29 is 13.3 Å². The van der Waals surface area contributed by atoms with Crippen LogP contribution in [0.5, 0.6) is 0 Å². The number of nitro benzene ring substituents is 1. The van der Waals surface area contributed by atoms with Gasteiger partial charge in [-0.05, 0) is 25.3 Å². The third-order valence-electron chi connectivity index (χ3n) is 3.23. The second-order valence-electron chi connectivity index (χ2n) is 4.46. The quantitative estimate of drug-likeness (QED) is 0.657. The number of hydrogen-bond donors (Lipinski definition) is 1. The van der Waals surface area contributed by atoms with Crippen molar-refractivity contribution in [1.82, 2.24) is 0 Å². The van der Waals surface area contributed by atoms with E-state index in [-0.39, 0.29) is 16.6 Å². The molecule has 0 radical (unpaired) electrons. The molecule has 1 saturated carbocycles. The van der Waals surface area contributed by atoms with Crippen LogP contribution in [-0.2, 0) is 9.84 Å². The van der Waals surface area contributed by atoms with Gasteiger partial charge in [0, 0.05) is 12.1 Å². The summed E-state index contributed by atoms with van der Waals surface area (Å²) in [6.07, 6.45) is 1.48. The monoisotopic (exact) mass is 270 g/mol. The maximum Gasteiger partial charge on any atom is 0.287 e. The van der Waals surface area contributed by atoms with Crippen LogP contribution in [0.2, 0.25) is 0 Å². The molecule has 0 aromatic heterocycles. The molecule has 6 nitrogen and oxygen atoms in total. The van der Waals surface area contributed by atoms with Crippen LogP contribution >= 0.6 is 0 Å². The second kappa shape index (κ2) is 4.66. The van der Waals surface area contributed by atoms with Crippen LogP contribution in [0.4, 0.5) is 5.69 Å². The van der Waals surface area contributed by atoms with Crippen LogP contribution in [0.25, 0.3) is 0 Å². The Bertz CT molecular complexity index is 570. The summed E-state index contributed by atoms with van der Waals surface area (Å²) in [5.74, 6) is 0. The van der Waals surface area contributed by atoms with E-state index in [0.29, 0.717) is 19.3 Å². The molecule has 1 fully saturated rings. The number of nitro groups is 1. The molecule has 18 heavy (non-hydrogen) atoms. The zero-order valence-corrected chi connectivity index (χ0v) is 10.5. The standard InChI is InChI=1S/C11H14N2O4S/c12-8-5-6-9(7-8)18(16,17)11-4-2-1-3-10(11)13(14)15/h1-4,8-9H,5-7,12H2. The number of benzene rings is 1. The van der Waals surface area contributed by atoms with Crippen molar-refractivity contribution in [3.63, 3.8) is 0 Å². The highest BCUT2D eigenvalue weighted by atomic mass is 32.2. The number of nitrogens with zero attached hydrogens (tertiary/aromatic N) is 1. The fourth-order valence-electron chi connectivity index (χ4n) is 2.28. The molecule has 0 spiro atoms. The van der Waals surface area contributed by atoms with Gasteiger partial charge in [0.15, 0.2) is 9.84 Å². The van der Waals surface area contributed by atoms with E-state index in [4.69, 9.17) is 5.73 Å². The summed E-state index contributed by atoms with van der Waals surface area (Å²) >= 11 is 0. The fraction of sp³-hybridized carbons (Fsp3) is 0.455. The van der Waals surface area contributed by atoms with Gasteiger partial charge in [-0.3, -0.25) is 10.1 Å². The zero-order chi connectivity index (χ0) is 13.3. The summed E-state index contributed by atoms with van der Waals surface area (Å²) in [5, 5.41) is 10.3. The van der Waals surface area contributed by atoms with Crippen molar-refractivity contribution in [2.75, 3.05) is 0 Å². The molecular weight excluding hydrogens is 256 g/mol. The van der Waals surface area contributed by atoms with E-state index in [9.17, 15) is 18.5 Å². The highest BCUT2D eigenvalue weighted by Crippen LogP contribution is 2.33. The number of hydrogen-bond acceptors (Lipinski definition) is 5. The molecule has 0 amide bonds. The Morgan fingerprint density at radius 1 is 1.28 bits per heavy atom. The first kappa shape index (κ1) is 13.0. The van der Waals surface area contributed by atoms with Crippen LogP contribution in [0.15, 0.2) is 29.2 Å². The van der Waals surface area contributed by atoms with E-state index in [1.54, 1.807) is 0 Å². The molecule has 0 heterocycles. The zero-order valence-electron chi connectivity index (χ0n) is 9.65. The summed E-state index contributed by atoms with van der Waals surface area (Å²) in [6.45, 7) is 0. The van der Waals surface area contributed by atoms with Crippen LogP contribution in [0.3, 0.4) is 0 Å². The van der Waals surface area contributed by atoms with Gasteiger partial charge in [0.1, 0.15) is 4.90 Å². The van der Waals surface area contributed by atoms with Crippen molar-refractivity contribution in [3.8, 4) is 0 Å². The lowest BCUT2D eigenvalue weighted by Crippen LogP contribution is -2.22. The van der Waals surface area contributed by atoms with Crippen molar-refractivity contribution >= 4 is 15.5 Å². The van der Waals surface area contributed by atoms with E-state index in [1.807, 2.05) is 0 Å². The van der Waals surface area contributed by atoms with Crippen LogP contribution in [-0.4, -0.2) is 24.6 Å². The Morgan fingerprint density at radius 2 is 1.94 bits per heavy atom. The van der Waals surface area contributed by atoms with Gasteiger partial charge in [0.05, 0.1) is 10.2 Å². The molecule has 2 unspecified atom stereocenters. The van der Waals surface area contributed by atoms with Crippen molar-refractivity contribution in [2.24, 2.45) is 5.73 Å². The summed E-state index contributed by atoms with van der Waals surface area (Å²) in [5.41, 5.74) is 5.34. The molecule has 2 rings (SSSR count). The molecule has 0 saturated heterocycles. The number of para-hydroxylation sites is 1. The van der Waals surface area contributed by atoms with Gasteiger partial charge >= 0.3 is 0 Å². The molecule has 0 aliphatic heterocycles. The third-order valence-corrected chi connectivity index (χ3v) is 5.50. The summed E-state index contributed by atoms with van der Waals surface area (Å²) in [7, 11) is -3.67. The second-order valence-corrected chi connectivity index (χ2v) is 6.66. The molecule has 1 aromatic rings. The van der Waals surface area contributed by atoms with E-state index in [1.165, 1.54) is 24.3 Å². The molecule has 2 atom stereocenters. The SMILES string of the molecule is NC1CCC(S(=O)(=O)c2ccccc2[N+](=O)[O-])C1. The minimum atomic E-state index is -3.67. The molecule has 0 bridgehead atoms. The third kappa shape index (κ3) is 2.23. The molecule has 98 valence electrons. The maximum atomic E-state index is 12.3. The first-order valence-corrected chi connectivity index (χ1v) is 7.20. The van der Waals surface area contributed by atoms with E-state index in [2.05, 4.69) is 0 Å². The molecule has 2 N–H and O–H groups in total. The van der Waals surface area contributed by atoms with Crippen LogP contribution < -0.4 is 5.73 Å². The smallest absolute Gasteiger partial charge is 0.287 e. The van der Waals surface area contributed by atoms with Gasteiger partial charge < -0.3 is 5.73 Å². The van der Waals surface area contributed by atoms with Gasteiger partial charge in [0.2, 0.25) is 0 Å². The van der Waals surface area contributed by atoms with Gasteiger partial charge in [-0.25, -0.2) is 8.42 Å². The maximum absolute atomic E-state index is 12.3. The van der Waals surface area contributed by atoms with Crippen LogP contribution in [0, 0.1) is 10.1 Å². The van der Waals surface area contributed by atoms with Crippen molar-refractivity contribution in [1.29, 1.82) is 0 Å². The van der Waals surface area contributed by atoms with Gasteiger partial charge in [0.25, 0.3) is 5.69 Å². The molecular formula is C11H14N2O4S. The van der Waals surface area contributed by atoms with Crippen LogP contribution in [0.1, 0.15) is 19.3 Å². The normalized spacial score (nSPS) is 24.1. The van der Waals surface area contributed by atoms with E-state index < -0.39 is 20.0 Å². The largest absolute Gasteiger partial charge is 0.328 e. The lowest BCUT2D eigenvalue weighted by molar-refractivity contribution is -0.387. The van der Waals surface area contributed by atoms with Gasteiger partial charge in [-0.2, -0.15) is 0 Å². The molecule has 1 aromatic carbocycles. The Labute approximate surface area is 105 Å². The topological polar surface area (TPSA) is 103 Å². The number of nitrogens with two attached hydrogens (primary N) is 1. The number of rotatable bonds is 3. The first-order chi connectivity index (χ1) is 8.43. The Kier molecular flexibility index (Phi) is 3.36. The lowest BCUT2D eigenvalue weighted by Gasteiger charge is -2.11. The van der Waals surface area contributed by atoms with Gasteiger partial charge in [-0.1, -0.05) is 12.1 Å². The minimum Gasteiger partial charge on any atom is -0.328 e. The highest BCUT2D eigenvalue weighted by Gasteiger charge is 2.37. The predicted molar refractivity (Wildman–Crippen MR) is 65.9 cm³/mol. The van der Waals surface area contributed by atoms with Crippen molar-refractivity contribution in [3.05, 3.63) is 34.4 Å². The first-order valence-electron chi connectivity index (χ1n) is 5.66. The Morgan fingerprint density at radius 3 is 2.50 bits per heavy atom. The molecule has 1 aliphatic carbocycles. The van der Waals surface area contributed by atoms with E-state index in [0.717, 1.165) is 0 Å². The number of sulfone groups is 1. The highest BCUT2D eigenvalue weighted by molar-refractivity contribution is 7.92.